The van der Waals surface area contributed by atoms with Crippen molar-refractivity contribution in [2.45, 2.75) is 25.4 Å². The summed E-state index contributed by atoms with van der Waals surface area (Å²) < 4.78 is 10.7. The van der Waals surface area contributed by atoms with E-state index in [1.165, 1.54) is 0 Å². The van der Waals surface area contributed by atoms with Gasteiger partial charge < -0.3 is 4.74 Å². The summed E-state index contributed by atoms with van der Waals surface area (Å²) in [7, 11) is 0. The van der Waals surface area contributed by atoms with E-state index in [2.05, 4.69) is 22.1 Å². The third-order valence-corrected chi connectivity index (χ3v) is 6.54. The molecule has 1 saturated heterocycles. The predicted molar refractivity (Wildman–Crippen MR) is 130 cm³/mol. The minimum absolute atomic E-state index is 0.0482. The van der Waals surface area contributed by atoms with Crippen molar-refractivity contribution < 1.29 is 4.74 Å². The van der Waals surface area contributed by atoms with Gasteiger partial charge in [0.05, 0.1) is 47.0 Å². The van der Waals surface area contributed by atoms with Crippen LogP contribution < -0.4 is 5.69 Å². The SMILES string of the molecule is N#Cc1cccc(Cn2c(=O)n(C3CCOCC3)c3nc(-n4cnc5ccc(C#N)cc54)ncc32)c1. The first-order chi connectivity index (χ1) is 17.7. The fourth-order valence-electron chi connectivity index (χ4n) is 4.75. The zero-order valence-corrected chi connectivity index (χ0v) is 19.2. The molecule has 5 aromatic rings. The molecule has 176 valence electrons. The lowest BCUT2D eigenvalue weighted by Crippen LogP contribution is -2.31. The van der Waals surface area contributed by atoms with Gasteiger partial charge in [0, 0.05) is 19.3 Å². The zero-order chi connectivity index (χ0) is 24.6. The van der Waals surface area contributed by atoms with Gasteiger partial charge in [-0.05, 0) is 48.7 Å². The van der Waals surface area contributed by atoms with Gasteiger partial charge in [0.15, 0.2) is 5.65 Å². The van der Waals surface area contributed by atoms with Crippen LogP contribution in [0.4, 0.5) is 0 Å². The highest BCUT2D eigenvalue weighted by Gasteiger charge is 2.25. The maximum absolute atomic E-state index is 13.7. The number of aromatic nitrogens is 6. The predicted octanol–water partition coefficient (Wildman–Crippen LogP) is 3.08. The molecule has 0 aliphatic carbocycles. The summed E-state index contributed by atoms with van der Waals surface area (Å²) >= 11 is 0. The number of nitriles is 2. The molecule has 36 heavy (non-hydrogen) atoms. The fourth-order valence-corrected chi connectivity index (χ4v) is 4.75. The lowest BCUT2D eigenvalue weighted by atomic mass is 10.1. The van der Waals surface area contributed by atoms with Crippen molar-refractivity contribution in [2.75, 3.05) is 13.2 Å². The van der Waals surface area contributed by atoms with Crippen molar-refractivity contribution in [1.82, 2.24) is 28.7 Å². The van der Waals surface area contributed by atoms with Crippen LogP contribution in [0.25, 0.3) is 28.1 Å². The van der Waals surface area contributed by atoms with Crippen LogP contribution in [0.5, 0.6) is 0 Å². The van der Waals surface area contributed by atoms with Gasteiger partial charge in [0.25, 0.3) is 0 Å². The number of nitrogens with zero attached hydrogens (tertiary/aromatic N) is 8. The first-order valence-electron chi connectivity index (χ1n) is 11.6. The van der Waals surface area contributed by atoms with Crippen LogP contribution >= 0.6 is 0 Å². The normalized spacial score (nSPS) is 14.2. The molecular weight excluding hydrogens is 456 g/mol. The van der Waals surface area contributed by atoms with Gasteiger partial charge in [-0.1, -0.05) is 12.1 Å². The van der Waals surface area contributed by atoms with Crippen LogP contribution in [0.15, 0.2) is 59.8 Å². The van der Waals surface area contributed by atoms with Crippen LogP contribution in [0.3, 0.4) is 0 Å². The van der Waals surface area contributed by atoms with Gasteiger partial charge in [0.2, 0.25) is 5.95 Å². The summed E-state index contributed by atoms with van der Waals surface area (Å²) in [5.41, 5.74) is 4.29. The Kier molecular flexibility index (Phi) is 5.29. The number of rotatable bonds is 4. The largest absolute Gasteiger partial charge is 0.381 e. The molecule has 10 heteroatoms. The van der Waals surface area contributed by atoms with E-state index in [0.29, 0.717) is 66.4 Å². The fraction of sp³-hybridized carbons (Fsp3) is 0.231. The molecule has 1 aliphatic heterocycles. The van der Waals surface area contributed by atoms with Crippen LogP contribution in [0.2, 0.25) is 0 Å². The summed E-state index contributed by atoms with van der Waals surface area (Å²) in [5, 5.41) is 18.6. The lowest BCUT2D eigenvalue weighted by molar-refractivity contribution is 0.0695. The summed E-state index contributed by atoms with van der Waals surface area (Å²) in [6.45, 7) is 1.45. The van der Waals surface area contributed by atoms with Crippen molar-refractivity contribution in [3.63, 3.8) is 0 Å². The number of ether oxygens (including phenoxy) is 1. The number of hydrogen-bond donors (Lipinski definition) is 0. The smallest absolute Gasteiger partial charge is 0.330 e. The molecule has 0 unspecified atom stereocenters. The second-order valence-electron chi connectivity index (χ2n) is 8.70. The van der Waals surface area contributed by atoms with Gasteiger partial charge in [-0.2, -0.15) is 15.5 Å². The number of imidazole rings is 2. The maximum Gasteiger partial charge on any atom is 0.330 e. The van der Waals surface area contributed by atoms with Gasteiger partial charge in [0.1, 0.15) is 11.8 Å². The summed E-state index contributed by atoms with van der Waals surface area (Å²) in [4.78, 5) is 27.6. The number of hydrogen-bond acceptors (Lipinski definition) is 7. The topological polar surface area (TPSA) is 127 Å². The summed E-state index contributed by atoms with van der Waals surface area (Å²) in [6, 6.07) is 16.7. The van der Waals surface area contributed by atoms with Gasteiger partial charge in [-0.25, -0.2) is 14.8 Å². The highest BCUT2D eigenvalue weighted by molar-refractivity contribution is 5.79. The van der Waals surface area contributed by atoms with Crippen LogP contribution in [-0.2, 0) is 11.3 Å². The average molecular weight is 477 g/mol. The van der Waals surface area contributed by atoms with E-state index >= 15 is 0 Å². The Labute approximate surface area is 205 Å². The van der Waals surface area contributed by atoms with Gasteiger partial charge in [-0.3, -0.25) is 13.7 Å². The molecule has 0 amide bonds. The molecule has 0 radical (unpaired) electrons. The second kappa shape index (κ2) is 8.77. The second-order valence-corrected chi connectivity index (χ2v) is 8.70. The van der Waals surface area contributed by atoms with E-state index in [1.807, 2.05) is 12.1 Å². The zero-order valence-electron chi connectivity index (χ0n) is 19.2. The summed E-state index contributed by atoms with van der Waals surface area (Å²) in [5.74, 6) is 0.365. The molecule has 6 rings (SSSR count). The third-order valence-electron chi connectivity index (χ3n) is 6.54. The highest BCUT2D eigenvalue weighted by Crippen LogP contribution is 2.25. The Morgan fingerprint density at radius 1 is 1.00 bits per heavy atom. The van der Waals surface area contributed by atoms with Crippen molar-refractivity contribution in [2.24, 2.45) is 0 Å². The molecule has 1 aliphatic rings. The molecule has 0 bridgehead atoms. The van der Waals surface area contributed by atoms with E-state index in [9.17, 15) is 15.3 Å². The minimum atomic E-state index is -0.173. The Morgan fingerprint density at radius 2 is 1.81 bits per heavy atom. The van der Waals surface area contributed by atoms with E-state index in [-0.39, 0.29) is 11.7 Å². The molecule has 0 saturated carbocycles. The first kappa shape index (κ1) is 21.7. The molecule has 10 nitrogen and oxygen atoms in total. The molecule has 2 aromatic carbocycles. The van der Waals surface area contributed by atoms with Crippen molar-refractivity contribution in [1.29, 1.82) is 10.5 Å². The Hall–Kier alpha value is -4.80. The minimum Gasteiger partial charge on any atom is -0.381 e. The lowest BCUT2D eigenvalue weighted by Gasteiger charge is -2.22. The Bertz CT molecular complexity index is 1760. The Morgan fingerprint density at radius 3 is 2.61 bits per heavy atom. The quantitative estimate of drug-likeness (QED) is 0.390. The maximum atomic E-state index is 13.7. The molecule has 3 aromatic heterocycles. The number of benzene rings is 2. The summed E-state index contributed by atoms with van der Waals surface area (Å²) in [6.07, 6.45) is 4.70. The van der Waals surface area contributed by atoms with Crippen LogP contribution in [-0.4, -0.2) is 41.9 Å². The molecule has 0 spiro atoms. The highest BCUT2D eigenvalue weighted by atomic mass is 16.5. The first-order valence-corrected chi connectivity index (χ1v) is 11.6. The van der Waals surface area contributed by atoms with Crippen LogP contribution in [0, 0.1) is 22.7 Å². The van der Waals surface area contributed by atoms with Crippen molar-refractivity contribution >= 4 is 22.2 Å². The monoisotopic (exact) mass is 476 g/mol. The van der Waals surface area contributed by atoms with E-state index in [0.717, 1.165) is 11.1 Å². The van der Waals surface area contributed by atoms with Crippen molar-refractivity contribution in [3.05, 3.63) is 82.2 Å². The molecular formula is C26H20N8O2. The third kappa shape index (κ3) is 3.61. The van der Waals surface area contributed by atoms with Crippen LogP contribution in [0.1, 0.15) is 35.6 Å². The standard InChI is InChI=1S/C26H20N8O2/c27-12-17-2-1-3-19(10-17)15-32-23-14-29-25(33-16-30-21-5-4-18(13-28)11-22(21)33)31-24(23)34(26(32)35)20-6-8-36-9-7-20/h1-5,10-11,14,16,20H,6-9,15H2. The average Bonchev–Trinajstić information content (AvgIpc) is 3.47. The van der Waals surface area contributed by atoms with Gasteiger partial charge in [-0.15, -0.1) is 0 Å². The van der Waals surface area contributed by atoms with E-state index in [4.69, 9.17) is 9.72 Å². The molecule has 1 fully saturated rings. The Balaban J connectivity index is 1.53. The molecule has 4 heterocycles. The molecule has 0 N–H and O–H groups in total. The van der Waals surface area contributed by atoms with E-state index < -0.39 is 0 Å². The van der Waals surface area contributed by atoms with E-state index in [1.54, 1.807) is 56.6 Å². The van der Waals surface area contributed by atoms with Gasteiger partial charge >= 0.3 is 5.69 Å². The molecule has 0 atom stereocenters. The number of fused-ring (bicyclic) bond motifs is 2. The van der Waals surface area contributed by atoms with Crippen molar-refractivity contribution in [3.8, 4) is 18.1 Å².